The molecule has 24 heavy (non-hydrogen) atoms. The molecule has 2 aliphatic rings. The minimum absolute atomic E-state index is 0.0493. The van der Waals surface area contributed by atoms with Crippen LogP contribution < -0.4 is 5.32 Å². The molecule has 2 amide bonds. The van der Waals surface area contributed by atoms with E-state index in [1.165, 1.54) is 0 Å². The normalized spacial score (nSPS) is 19.9. The van der Waals surface area contributed by atoms with Gasteiger partial charge in [-0.3, -0.25) is 9.59 Å². The third kappa shape index (κ3) is 4.34. The predicted octanol–water partition coefficient (Wildman–Crippen LogP) is 2.14. The average Bonchev–Trinajstić information content (AvgIpc) is 3.36. The van der Waals surface area contributed by atoms with E-state index in [1.54, 1.807) is 17.0 Å². The second-order valence-electron chi connectivity index (χ2n) is 6.34. The lowest BCUT2D eigenvalue weighted by Crippen LogP contribution is -2.34. The summed E-state index contributed by atoms with van der Waals surface area (Å²) in [5.41, 5.74) is 0.677. The number of ether oxygens (including phenoxy) is 1. The number of cyclic esters (lactones) is 1. The van der Waals surface area contributed by atoms with Crippen molar-refractivity contribution in [3.8, 4) is 0 Å². The van der Waals surface area contributed by atoms with Gasteiger partial charge in [0, 0.05) is 24.4 Å². The first-order valence-corrected chi connectivity index (χ1v) is 8.45. The van der Waals surface area contributed by atoms with Crippen molar-refractivity contribution < 1.29 is 19.1 Å². The number of nitrogens with one attached hydrogen (secondary N) is 1. The van der Waals surface area contributed by atoms with Crippen molar-refractivity contribution in [3.63, 3.8) is 0 Å². The summed E-state index contributed by atoms with van der Waals surface area (Å²) in [7, 11) is 0. The number of Topliss-reactive ketones (excluding diaryl/α,β-unsaturated/α-hetero) is 1. The summed E-state index contributed by atoms with van der Waals surface area (Å²) >= 11 is 0. The fourth-order valence-corrected chi connectivity index (χ4v) is 2.83. The number of rotatable bonds is 8. The standard InChI is InChI=1S/C18H22N2O4/c21-16(13-5-2-1-3-6-13)7-4-8-17(22)19-11-15-12-20(14-9-10-14)18(23)24-15/h1-3,5-6,14-15H,4,7-12H2,(H,19,22). The van der Waals surface area contributed by atoms with Gasteiger partial charge in [-0.25, -0.2) is 4.79 Å². The Kier molecular flexibility index (Phi) is 5.13. The van der Waals surface area contributed by atoms with E-state index in [2.05, 4.69) is 5.32 Å². The number of nitrogens with zero attached hydrogens (tertiary/aromatic N) is 1. The van der Waals surface area contributed by atoms with Crippen molar-refractivity contribution in [2.45, 2.75) is 44.2 Å². The second kappa shape index (κ2) is 7.47. The molecule has 1 saturated carbocycles. The fourth-order valence-electron chi connectivity index (χ4n) is 2.83. The lowest BCUT2D eigenvalue weighted by Gasteiger charge is -2.11. The van der Waals surface area contributed by atoms with Gasteiger partial charge in [-0.2, -0.15) is 0 Å². The monoisotopic (exact) mass is 330 g/mol. The molecule has 6 nitrogen and oxygen atoms in total. The van der Waals surface area contributed by atoms with Crippen LogP contribution in [-0.4, -0.2) is 47.9 Å². The number of carbonyl (C=O) groups excluding carboxylic acids is 3. The molecule has 0 spiro atoms. The van der Waals surface area contributed by atoms with Crippen LogP contribution in [-0.2, 0) is 9.53 Å². The van der Waals surface area contributed by atoms with Crippen LogP contribution in [0.25, 0.3) is 0 Å². The third-order valence-electron chi connectivity index (χ3n) is 4.32. The lowest BCUT2D eigenvalue weighted by molar-refractivity contribution is -0.121. The van der Waals surface area contributed by atoms with Crippen LogP contribution in [0.15, 0.2) is 30.3 Å². The first kappa shape index (κ1) is 16.5. The highest BCUT2D eigenvalue weighted by Gasteiger charge is 2.40. The van der Waals surface area contributed by atoms with Crippen LogP contribution in [0.4, 0.5) is 4.79 Å². The Morgan fingerprint density at radius 1 is 1.17 bits per heavy atom. The van der Waals surface area contributed by atoms with Gasteiger partial charge in [0.1, 0.15) is 6.10 Å². The number of ketones is 1. The van der Waals surface area contributed by atoms with Gasteiger partial charge in [0.05, 0.1) is 13.1 Å². The predicted molar refractivity (Wildman–Crippen MR) is 87.6 cm³/mol. The summed E-state index contributed by atoms with van der Waals surface area (Å²) in [6.45, 7) is 0.886. The first-order chi connectivity index (χ1) is 11.6. The molecule has 1 N–H and O–H groups in total. The second-order valence-corrected chi connectivity index (χ2v) is 6.34. The molecule has 128 valence electrons. The molecule has 0 bridgehead atoms. The van der Waals surface area contributed by atoms with Crippen LogP contribution in [0.3, 0.4) is 0 Å². The van der Waals surface area contributed by atoms with Gasteiger partial charge in [0.2, 0.25) is 5.91 Å². The molecule has 1 aliphatic heterocycles. The summed E-state index contributed by atoms with van der Waals surface area (Å²) in [6, 6.07) is 9.42. The van der Waals surface area contributed by atoms with E-state index in [0.717, 1.165) is 12.8 Å². The zero-order chi connectivity index (χ0) is 16.9. The minimum Gasteiger partial charge on any atom is -0.442 e. The molecule has 1 saturated heterocycles. The van der Waals surface area contributed by atoms with E-state index in [4.69, 9.17) is 4.74 Å². The number of amides is 2. The Bertz CT molecular complexity index is 613. The highest BCUT2D eigenvalue weighted by Crippen LogP contribution is 2.30. The molecule has 0 aromatic heterocycles. The van der Waals surface area contributed by atoms with Crippen LogP contribution in [0.5, 0.6) is 0 Å². The maximum absolute atomic E-state index is 11.9. The summed E-state index contributed by atoms with van der Waals surface area (Å²) in [5.74, 6) is -0.0648. The Morgan fingerprint density at radius 2 is 1.92 bits per heavy atom. The van der Waals surface area contributed by atoms with Crippen molar-refractivity contribution in [2.24, 2.45) is 0 Å². The van der Waals surface area contributed by atoms with E-state index in [0.29, 0.717) is 44.0 Å². The molecule has 1 aliphatic carbocycles. The van der Waals surface area contributed by atoms with Crippen molar-refractivity contribution in [3.05, 3.63) is 35.9 Å². The smallest absolute Gasteiger partial charge is 0.410 e. The summed E-state index contributed by atoms with van der Waals surface area (Å²) < 4.78 is 5.24. The van der Waals surface area contributed by atoms with E-state index < -0.39 is 0 Å². The highest BCUT2D eigenvalue weighted by atomic mass is 16.6. The van der Waals surface area contributed by atoms with E-state index in [1.807, 2.05) is 18.2 Å². The van der Waals surface area contributed by atoms with E-state index >= 15 is 0 Å². The van der Waals surface area contributed by atoms with Gasteiger partial charge in [-0.1, -0.05) is 30.3 Å². The van der Waals surface area contributed by atoms with Crippen molar-refractivity contribution >= 4 is 17.8 Å². The molecular formula is C18H22N2O4. The molecule has 3 rings (SSSR count). The van der Waals surface area contributed by atoms with Crippen LogP contribution in [0.1, 0.15) is 42.5 Å². The number of hydrogen-bond donors (Lipinski definition) is 1. The van der Waals surface area contributed by atoms with Gasteiger partial charge in [-0.15, -0.1) is 0 Å². The van der Waals surface area contributed by atoms with Gasteiger partial charge in [0.25, 0.3) is 0 Å². The first-order valence-electron chi connectivity index (χ1n) is 8.45. The zero-order valence-electron chi connectivity index (χ0n) is 13.6. The van der Waals surface area contributed by atoms with Gasteiger partial charge in [0.15, 0.2) is 5.78 Å². The number of hydrogen-bond acceptors (Lipinski definition) is 4. The Morgan fingerprint density at radius 3 is 2.62 bits per heavy atom. The quantitative estimate of drug-likeness (QED) is 0.741. The summed E-state index contributed by atoms with van der Waals surface area (Å²) in [4.78, 5) is 37.2. The maximum Gasteiger partial charge on any atom is 0.410 e. The van der Waals surface area contributed by atoms with Crippen molar-refractivity contribution in [1.29, 1.82) is 0 Å². The van der Waals surface area contributed by atoms with Gasteiger partial charge in [-0.05, 0) is 19.3 Å². The molecule has 1 aromatic carbocycles. The number of benzene rings is 1. The van der Waals surface area contributed by atoms with Crippen LogP contribution in [0, 0.1) is 0 Å². The van der Waals surface area contributed by atoms with Crippen molar-refractivity contribution in [1.82, 2.24) is 10.2 Å². The molecule has 6 heteroatoms. The SMILES string of the molecule is O=C(CCCC(=O)c1ccccc1)NCC1CN(C2CC2)C(=O)O1. The topological polar surface area (TPSA) is 75.7 Å². The van der Waals surface area contributed by atoms with Gasteiger partial charge < -0.3 is 15.0 Å². The Labute approximate surface area is 141 Å². The summed E-state index contributed by atoms with van der Waals surface area (Å²) in [6.07, 6.45) is 2.71. The molecule has 1 atom stereocenters. The molecule has 1 heterocycles. The Balaban J connectivity index is 1.32. The fraction of sp³-hybridized carbons (Fsp3) is 0.500. The third-order valence-corrected chi connectivity index (χ3v) is 4.32. The maximum atomic E-state index is 11.9. The lowest BCUT2D eigenvalue weighted by atomic mass is 10.1. The Hall–Kier alpha value is -2.37. The molecule has 2 fully saturated rings. The largest absolute Gasteiger partial charge is 0.442 e. The molecule has 1 aromatic rings. The summed E-state index contributed by atoms with van der Waals surface area (Å²) in [5, 5.41) is 2.78. The van der Waals surface area contributed by atoms with Gasteiger partial charge >= 0.3 is 6.09 Å². The average molecular weight is 330 g/mol. The zero-order valence-corrected chi connectivity index (χ0v) is 13.6. The van der Waals surface area contributed by atoms with Crippen LogP contribution in [0.2, 0.25) is 0 Å². The van der Waals surface area contributed by atoms with E-state index in [9.17, 15) is 14.4 Å². The minimum atomic E-state index is -0.273. The van der Waals surface area contributed by atoms with Crippen LogP contribution >= 0.6 is 0 Å². The van der Waals surface area contributed by atoms with Crippen molar-refractivity contribution in [2.75, 3.05) is 13.1 Å². The van der Waals surface area contributed by atoms with E-state index in [-0.39, 0.29) is 23.9 Å². The molecular weight excluding hydrogens is 308 g/mol. The molecule has 0 radical (unpaired) electrons. The number of carbonyl (C=O) groups is 3. The highest BCUT2D eigenvalue weighted by molar-refractivity contribution is 5.96. The molecule has 1 unspecified atom stereocenters.